The highest BCUT2D eigenvalue weighted by atomic mass is 32.1. The molecule has 2 aromatic carbocycles. The second-order valence-electron chi connectivity index (χ2n) is 6.38. The van der Waals surface area contributed by atoms with E-state index in [-0.39, 0.29) is 11.8 Å². The number of carbonyl (C=O) groups is 2. The SMILES string of the molecule is CCOCCn1c(=NC(=O)c2ccc(C)cc2)sc2cc(NC(C)=O)ccc21. The minimum absolute atomic E-state index is 0.125. The molecule has 3 aromatic rings. The van der Waals surface area contributed by atoms with Crippen molar-refractivity contribution >= 4 is 39.1 Å². The molecule has 0 aliphatic rings. The molecule has 0 bridgehead atoms. The average Bonchev–Trinajstić information content (AvgIpc) is 2.98. The lowest BCUT2D eigenvalue weighted by Gasteiger charge is -2.06. The Morgan fingerprint density at radius 1 is 1.18 bits per heavy atom. The molecule has 1 aromatic heterocycles. The Labute approximate surface area is 167 Å². The van der Waals surface area contributed by atoms with Crippen LogP contribution >= 0.6 is 11.3 Å². The molecular formula is C21H23N3O3S. The van der Waals surface area contributed by atoms with Crippen molar-refractivity contribution < 1.29 is 14.3 Å². The van der Waals surface area contributed by atoms with Crippen molar-refractivity contribution in [2.75, 3.05) is 18.5 Å². The van der Waals surface area contributed by atoms with Crippen LogP contribution in [0, 0.1) is 6.92 Å². The first-order valence-corrected chi connectivity index (χ1v) is 9.94. The maximum atomic E-state index is 12.6. The summed E-state index contributed by atoms with van der Waals surface area (Å²) in [6.07, 6.45) is 0. The van der Waals surface area contributed by atoms with Crippen molar-refractivity contribution in [2.45, 2.75) is 27.3 Å². The van der Waals surface area contributed by atoms with Crippen LogP contribution in [0.25, 0.3) is 10.2 Å². The average molecular weight is 398 g/mol. The van der Waals surface area contributed by atoms with Gasteiger partial charge in [-0.25, -0.2) is 0 Å². The van der Waals surface area contributed by atoms with Crippen molar-refractivity contribution in [2.24, 2.45) is 4.99 Å². The van der Waals surface area contributed by atoms with Gasteiger partial charge in [0.1, 0.15) is 0 Å². The summed E-state index contributed by atoms with van der Waals surface area (Å²) in [6, 6.07) is 13.0. The number of fused-ring (bicyclic) bond motifs is 1. The summed E-state index contributed by atoms with van der Waals surface area (Å²) in [5, 5.41) is 2.79. The lowest BCUT2D eigenvalue weighted by molar-refractivity contribution is -0.114. The molecule has 0 saturated carbocycles. The molecule has 0 radical (unpaired) electrons. The van der Waals surface area contributed by atoms with Gasteiger partial charge < -0.3 is 14.6 Å². The highest BCUT2D eigenvalue weighted by Gasteiger charge is 2.10. The molecule has 146 valence electrons. The van der Waals surface area contributed by atoms with E-state index in [1.165, 1.54) is 18.3 Å². The van der Waals surface area contributed by atoms with E-state index in [1.54, 1.807) is 12.1 Å². The van der Waals surface area contributed by atoms with Crippen LogP contribution < -0.4 is 10.1 Å². The number of hydrogen-bond acceptors (Lipinski definition) is 4. The summed E-state index contributed by atoms with van der Waals surface area (Å²) in [5.74, 6) is -0.404. The summed E-state index contributed by atoms with van der Waals surface area (Å²) in [6.45, 7) is 7.15. The molecule has 6 nitrogen and oxygen atoms in total. The van der Waals surface area contributed by atoms with Gasteiger partial charge in [0, 0.05) is 31.3 Å². The molecule has 0 spiro atoms. The van der Waals surface area contributed by atoms with Crippen molar-refractivity contribution in [3.63, 3.8) is 0 Å². The number of amides is 2. The molecule has 3 rings (SSSR count). The summed E-state index contributed by atoms with van der Waals surface area (Å²) in [7, 11) is 0. The second kappa shape index (κ2) is 8.95. The number of anilines is 1. The highest BCUT2D eigenvalue weighted by molar-refractivity contribution is 7.16. The van der Waals surface area contributed by atoms with Crippen LogP contribution in [0.3, 0.4) is 0 Å². The summed E-state index contributed by atoms with van der Waals surface area (Å²) < 4.78 is 8.42. The van der Waals surface area contributed by atoms with Crippen LogP contribution in [-0.2, 0) is 16.1 Å². The lowest BCUT2D eigenvalue weighted by Crippen LogP contribution is -2.19. The fraction of sp³-hybridized carbons (Fsp3) is 0.286. The van der Waals surface area contributed by atoms with Crippen LogP contribution in [0.4, 0.5) is 5.69 Å². The largest absolute Gasteiger partial charge is 0.380 e. The number of aryl methyl sites for hydroxylation is 1. The Morgan fingerprint density at radius 3 is 2.61 bits per heavy atom. The van der Waals surface area contributed by atoms with Crippen LogP contribution in [0.5, 0.6) is 0 Å². The maximum absolute atomic E-state index is 12.6. The minimum atomic E-state index is -0.279. The fourth-order valence-corrected chi connectivity index (χ4v) is 3.90. The number of ether oxygens (including phenoxy) is 1. The topological polar surface area (TPSA) is 72.7 Å². The van der Waals surface area contributed by atoms with Crippen LogP contribution in [0.1, 0.15) is 29.8 Å². The van der Waals surface area contributed by atoms with Gasteiger partial charge in [-0.15, -0.1) is 0 Å². The predicted octanol–water partition coefficient (Wildman–Crippen LogP) is 3.75. The van der Waals surface area contributed by atoms with Gasteiger partial charge in [0.15, 0.2) is 4.80 Å². The van der Waals surface area contributed by atoms with Gasteiger partial charge in [-0.2, -0.15) is 4.99 Å². The Hall–Kier alpha value is -2.77. The van der Waals surface area contributed by atoms with E-state index in [4.69, 9.17) is 4.74 Å². The van der Waals surface area contributed by atoms with E-state index in [0.29, 0.717) is 30.1 Å². The van der Waals surface area contributed by atoms with Crippen molar-refractivity contribution in [1.82, 2.24) is 4.57 Å². The number of nitrogens with zero attached hydrogens (tertiary/aromatic N) is 2. The maximum Gasteiger partial charge on any atom is 0.279 e. The Balaban J connectivity index is 2.04. The zero-order valence-corrected chi connectivity index (χ0v) is 17.0. The van der Waals surface area contributed by atoms with Gasteiger partial charge in [-0.3, -0.25) is 9.59 Å². The molecule has 7 heteroatoms. The molecule has 0 fully saturated rings. The first kappa shape index (κ1) is 20.0. The third-order valence-electron chi connectivity index (χ3n) is 4.16. The number of hydrogen-bond donors (Lipinski definition) is 1. The number of benzene rings is 2. The Kier molecular flexibility index (Phi) is 6.38. The second-order valence-corrected chi connectivity index (χ2v) is 7.39. The zero-order chi connectivity index (χ0) is 20.1. The fourth-order valence-electron chi connectivity index (χ4n) is 2.80. The third-order valence-corrected chi connectivity index (χ3v) is 5.20. The van der Waals surface area contributed by atoms with Gasteiger partial charge in [0.2, 0.25) is 5.91 Å². The first-order valence-electron chi connectivity index (χ1n) is 9.12. The van der Waals surface area contributed by atoms with E-state index in [2.05, 4.69) is 10.3 Å². The number of thiazole rings is 1. The van der Waals surface area contributed by atoms with E-state index < -0.39 is 0 Å². The van der Waals surface area contributed by atoms with E-state index in [1.807, 2.05) is 48.7 Å². The number of nitrogens with one attached hydrogen (secondary N) is 1. The predicted molar refractivity (Wildman–Crippen MR) is 112 cm³/mol. The smallest absolute Gasteiger partial charge is 0.279 e. The molecule has 0 saturated heterocycles. The molecule has 1 N–H and O–H groups in total. The molecule has 2 amide bonds. The zero-order valence-electron chi connectivity index (χ0n) is 16.2. The van der Waals surface area contributed by atoms with Crippen LogP contribution in [-0.4, -0.2) is 29.6 Å². The lowest BCUT2D eigenvalue weighted by atomic mass is 10.1. The number of rotatable bonds is 6. The molecule has 0 aliphatic heterocycles. The van der Waals surface area contributed by atoms with Gasteiger partial charge >= 0.3 is 0 Å². The molecular weight excluding hydrogens is 374 g/mol. The van der Waals surface area contributed by atoms with Crippen molar-refractivity contribution in [3.8, 4) is 0 Å². The van der Waals surface area contributed by atoms with Crippen molar-refractivity contribution in [1.29, 1.82) is 0 Å². The minimum Gasteiger partial charge on any atom is -0.380 e. The monoisotopic (exact) mass is 397 g/mol. The molecule has 0 unspecified atom stereocenters. The van der Waals surface area contributed by atoms with E-state index in [0.717, 1.165) is 21.5 Å². The Bertz CT molecular complexity index is 1060. The quantitative estimate of drug-likeness (QED) is 0.644. The van der Waals surface area contributed by atoms with Gasteiger partial charge in [0.25, 0.3) is 5.91 Å². The standard InChI is InChI=1S/C21H23N3O3S/c1-4-27-12-11-24-18-10-9-17(22-15(3)25)13-19(18)28-21(24)23-20(26)16-7-5-14(2)6-8-16/h5-10,13H,4,11-12H2,1-3H3,(H,22,25). The normalized spacial score (nSPS) is 11.8. The number of carbonyl (C=O) groups excluding carboxylic acids is 2. The van der Waals surface area contributed by atoms with Crippen molar-refractivity contribution in [3.05, 3.63) is 58.4 Å². The van der Waals surface area contributed by atoms with E-state index in [9.17, 15) is 9.59 Å². The number of aromatic nitrogens is 1. The Morgan fingerprint density at radius 2 is 1.93 bits per heavy atom. The van der Waals surface area contributed by atoms with Crippen LogP contribution in [0.15, 0.2) is 47.5 Å². The molecule has 0 aliphatic carbocycles. The molecule has 0 atom stereocenters. The third kappa shape index (κ3) is 4.74. The highest BCUT2D eigenvalue weighted by Crippen LogP contribution is 2.22. The van der Waals surface area contributed by atoms with E-state index >= 15 is 0 Å². The van der Waals surface area contributed by atoms with Gasteiger partial charge in [-0.1, -0.05) is 29.0 Å². The first-order chi connectivity index (χ1) is 13.5. The van der Waals surface area contributed by atoms with Gasteiger partial charge in [0.05, 0.1) is 16.8 Å². The molecule has 28 heavy (non-hydrogen) atoms. The van der Waals surface area contributed by atoms with Gasteiger partial charge in [-0.05, 0) is 44.2 Å². The molecule has 1 heterocycles. The summed E-state index contributed by atoms with van der Waals surface area (Å²) in [5.41, 5.74) is 3.32. The summed E-state index contributed by atoms with van der Waals surface area (Å²) >= 11 is 1.42. The summed E-state index contributed by atoms with van der Waals surface area (Å²) in [4.78, 5) is 28.9. The van der Waals surface area contributed by atoms with Crippen LogP contribution in [0.2, 0.25) is 0 Å².